The van der Waals surface area contributed by atoms with Gasteiger partial charge in [0.1, 0.15) is 0 Å². The fourth-order valence-corrected chi connectivity index (χ4v) is 2.59. The third kappa shape index (κ3) is 1.56. The van der Waals surface area contributed by atoms with Crippen molar-refractivity contribution >= 4 is 0 Å². The SMILES string of the molecule is C[C@@H]1CNC[C@H]1c1nc(C2CC2(C)C)no1. The van der Waals surface area contributed by atoms with Crippen LogP contribution in [0.1, 0.15) is 50.7 Å². The summed E-state index contributed by atoms with van der Waals surface area (Å²) in [5.74, 6) is 3.26. The molecule has 1 aliphatic carbocycles. The Bertz CT molecular complexity index is 399. The van der Waals surface area contributed by atoms with Crippen LogP contribution in [0.2, 0.25) is 0 Å². The molecule has 0 spiro atoms. The first-order chi connectivity index (χ1) is 7.58. The van der Waals surface area contributed by atoms with Crippen LogP contribution in [0.25, 0.3) is 0 Å². The summed E-state index contributed by atoms with van der Waals surface area (Å²) in [7, 11) is 0. The van der Waals surface area contributed by atoms with E-state index in [0.29, 0.717) is 23.2 Å². The van der Waals surface area contributed by atoms with Gasteiger partial charge < -0.3 is 9.84 Å². The Morgan fingerprint density at radius 2 is 2.12 bits per heavy atom. The zero-order valence-electron chi connectivity index (χ0n) is 10.2. The van der Waals surface area contributed by atoms with Crippen LogP contribution in [0.5, 0.6) is 0 Å². The number of hydrogen-bond donors (Lipinski definition) is 1. The summed E-state index contributed by atoms with van der Waals surface area (Å²) in [6.07, 6.45) is 1.18. The van der Waals surface area contributed by atoms with Gasteiger partial charge in [0.2, 0.25) is 5.89 Å². The zero-order chi connectivity index (χ0) is 11.3. The molecule has 1 aromatic rings. The first kappa shape index (κ1) is 10.3. The quantitative estimate of drug-likeness (QED) is 0.828. The van der Waals surface area contributed by atoms with Gasteiger partial charge in [-0.2, -0.15) is 4.98 Å². The normalized spacial score (nSPS) is 36.6. The summed E-state index contributed by atoms with van der Waals surface area (Å²) in [6.45, 7) is 8.77. The molecule has 2 heterocycles. The van der Waals surface area contributed by atoms with Crippen LogP contribution in [-0.2, 0) is 0 Å². The van der Waals surface area contributed by atoms with Gasteiger partial charge in [-0.05, 0) is 24.3 Å². The molecule has 0 aromatic carbocycles. The van der Waals surface area contributed by atoms with E-state index in [1.54, 1.807) is 0 Å². The van der Waals surface area contributed by atoms with Crippen LogP contribution < -0.4 is 5.32 Å². The Kier molecular flexibility index (Phi) is 2.11. The summed E-state index contributed by atoms with van der Waals surface area (Å²) in [6, 6.07) is 0. The lowest BCUT2D eigenvalue weighted by Crippen LogP contribution is -2.08. The fraction of sp³-hybridized carbons (Fsp3) is 0.833. The van der Waals surface area contributed by atoms with Gasteiger partial charge >= 0.3 is 0 Å². The summed E-state index contributed by atoms with van der Waals surface area (Å²) >= 11 is 0. The average Bonchev–Trinajstić information content (AvgIpc) is 2.67. The van der Waals surface area contributed by atoms with Crippen LogP contribution in [0.3, 0.4) is 0 Å². The van der Waals surface area contributed by atoms with Crippen molar-refractivity contribution in [2.75, 3.05) is 13.1 Å². The summed E-state index contributed by atoms with van der Waals surface area (Å²) in [5, 5.41) is 7.50. The molecule has 3 atom stereocenters. The Hall–Kier alpha value is -0.900. The molecule has 4 heteroatoms. The van der Waals surface area contributed by atoms with Crippen LogP contribution >= 0.6 is 0 Å². The fourth-order valence-electron chi connectivity index (χ4n) is 2.59. The number of nitrogens with zero attached hydrogens (tertiary/aromatic N) is 2. The molecule has 88 valence electrons. The first-order valence-electron chi connectivity index (χ1n) is 6.12. The summed E-state index contributed by atoms with van der Waals surface area (Å²) in [4.78, 5) is 4.58. The minimum atomic E-state index is 0.376. The lowest BCUT2D eigenvalue weighted by Gasteiger charge is -2.07. The molecule has 2 fully saturated rings. The van der Waals surface area contributed by atoms with Crippen molar-refractivity contribution in [3.05, 3.63) is 11.7 Å². The molecule has 1 N–H and O–H groups in total. The van der Waals surface area contributed by atoms with E-state index >= 15 is 0 Å². The van der Waals surface area contributed by atoms with Crippen LogP contribution in [-0.4, -0.2) is 23.2 Å². The largest absolute Gasteiger partial charge is 0.339 e. The van der Waals surface area contributed by atoms with Crippen LogP contribution in [0.4, 0.5) is 0 Å². The lowest BCUT2D eigenvalue weighted by atomic mass is 9.98. The highest BCUT2D eigenvalue weighted by Gasteiger charge is 2.49. The number of rotatable bonds is 2. The highest BCUT2D eigenvalue weighted by Crippen LogP contribution is 2.57. The van der Waals surface area contributed by atoms with Crippen molar-refractivity contribution in [1.29, 1.82) is 0 Å². The van der Waals surface area contributed by atoms with E-state index < -0.39 is 0 Å². The van der Waals surface area contributed by atoms with Crippen LogP contribution in [0, 0.1) is 11.3 Å². The maximum Gasteiger partial charge on any atom is 0.231 e. The predicted octanol–water partition coefficient (Wildman–Crippen LogP) is 1.91. The molecular weight excluding hydrogens is 202 g/mol. The standard InChI is InChI=1S/C12H19N3O/c1-7-5-13-6-8(7)11-14-10(15-16-11)9-4-12(9,2)3/h7-9,13H,4-6H2,1-3H3/t7-,8-,9?/m1/s1. The monoisotopic (exact) mass is 221 g/mol. The van der Waals surface area contributed by atoms with Crippen molar-refractivity contribution in [1.82, 2.24) is 15.5 Å². The van der Waals surface area contributed by atoms with Gasteiger partial charge in [0, 0.05) is 12.5 Å². The highest BCUT2D eigenvalue weighted by molar-refractivity contribution is 5.15. The zero-order valence-corrected chi connectivity index (χ0v) is 10.2. The first-order valence-corrected chi connectivity index (χ1v) is 6.12. The molecule has 0 bridgehead atoms. The Labute approximate surface area is 95.8 Å². The second-order valence-corrected chi connectivity index (χ2v) is 5.98. The molecule has 0 amide bonds. The Morgan fingerprint density at radius 1 is 1.38 bits per heavy atom. The van der Waals surface area contributed by atoms with E-state index in [2.05, 4.69) is 36.2 Å². The van der Waals surface area contributed by atoms with E-state index in [1.165, 1.54) is 6.42 Å². The number of aromatic nitrogens is 2. The van der Waals surface area contributed by atoms with E-state index in [4.69, 9.17) is 4.52 Å². The number of hydrogen-bond acceptors (Lipinski definition) is 4. The summed E-state index contributed by atoms with van der Waals surface area (Å²) < 4.78 is 5.41. The van der Waals surface area contributed by atoms with E-state index in [0.717, 1.165) is 24.8 Å². The third-order valence-corrected chi connectivity index (χ3v) is 4.12. The van der Waals surface area contributed by atoms with Gasteiger partial charge in [-0.25, -0.2) is 0 Å². The molecule has 0 radical (unpaired) electrons. The van der Waals surface area contributed by atoms with Gasteiger partial charge in [0.15, 0.2) is 5.82 Å². The molecule has 4 nitrogen and oxygen atoms in total. The maximum atomic E-state index is 5.41. The molecule has 1 aromatic heterocycles. The van der Waals surface area contributed by atoms with E-state index in [9.17, 15) is 0 Å². The van der Waals surface area contributed by atoms with E-state index in [-0.39, 0.29) is 0 Å². The summed E-state index contributed by atoms with van der Waals surface area (Å²) in [5.41, 5.74) is 0.376. The van der Waals surface area contributed by atoms with Gasteiger partial charge in [-0.1, -0.05) is 25.9 Å². The second kappa shape index (κ2) is 3.29. The van der Waals surface area contributed by atoms with Crippen LogP contribution in [0.15, 0.2) is 4.52 Å². The number of nitrogens with one attached hydrogen (secondary N) is 1. The molecule has 1 aliphatic heterocycles. The van der Waals surface area contributed by atoms with Crippen molar-refractivity contribution < 1.29 is 4.52 Å². The molecular formula is C12H19N3O. The van der Waals surface area contributed by atoms with Crippen molar-refractivity contribution in [2.45, 2.75) is 39.0 Å². The lowest BCUT2D eigenvalue weighted by molar-refractivity contribution is 0.335. The smallest absolute Gasteiger partial charge is 0.231 e. The highest BCUT2D eigenvalue weighted by atomic mass is 16.5. The minimum absolute atomic E-state index is 0.376. The Balaban J connectivity index is 1.78. The minimum Gasteiger partial charge on any atom is -0.339 e. The predicted molar refractivity (Wildman–Crippen MR) is 60.2 cm³/mol. The molecule has 2 aliphatic rings. The molecule has 1 unspecified atom stereocenters. The van der Waals surface area contributed by atoms with Crippen molar-refractivity contribution in [3.8, 4) is 0 Å². The molecule has 16 heavy (non-hydrogen) atoms. The molecule has 1 saturated carbocycles. The molecule has 3 rings (SSSR count). The van der Waals surface area contributed by atoms with Crippen molar-refractivity contribution in [2.24, 2.45) is 11.3 Å². The molecule has 1 saturated heterocycles. The van der Waals surface area contributed by atoms with Gasteiger partial charge in [-0.3, -0.25) is 0 Å². The second-order valence-electron chi connectivity index (χ2n) is 5.98. The maximum absolute atomic E-state index is 5.41. The van der Waals surface area contributed by atoms with Crippen molar-refractivity contribution in [3.63, 3.8) is 0 Å². The van der Waals surface area contributed by atoms with Gasteiger partial charge in [0.05, 0.1) is 5.92 Å². The third-order valence-electron chi connectivity index (χ3n) is 4.12. The topological polar surface area (TPSA) is 51.0 Å². The van der Waals surface area contributed by atoms with E-state index in [1.807, 2.05) is 0 Å². The Morgan fingerprint density at radius 3 is 2.69 bits per heavy atom. The van der Waals surface area contributed by atoms with Gasteiger partial charge in [0.25, 0.3) is 0 Å². The average molecular weight is 221 g/mol. The van der Waals surface area contributed by atoms with Gasteiger partial charge in [-0.15, -0.1) is 0 Å².